The predicted molar refractivity (Wildman–Crippen MR) is 161 cm³/mol. The summed E-state index contributed by atoms with van der Waals surface area (Å²) in [5, 5.41) is 10.6. The highest BCUT2D eigenvalue weighted by Gasteiger charge is 2.72. The lowest BCUT2D eigenvalue weighted by Crippen LogP contribution is -2.67. The number of fused-ring (bicyclic) bond motifs is 7. The fourth-order valence-electron chi connectivity index (χ4n) is 12.2. The summed E-state index contributed by atoms with van der Waals surface area (Å²) in [6, 6.07) is 10.3. The predicted octanol–water partition coefficient (Wildman–Crippen LogP) is 8.99. The van der Waals surface area contributed by atoms with Crippen molar-refractivity contribution in [3.8, 4) is 0 Å². The van der Waals surface area contributed by atoms with Gasteiger partial charge in [0.2, 0.25) is 0 Å². The number of carbonyl (C=O) groups is 2. The second-order valence-electron chi connectivity index (χ2n) is 16.0. The molecule has 9 atom stereocenters. The molecule has 6 rings (SSSR count). The third-order valence-corrected chi connectivity index (χ3v) is 14.2. The first kappa shape index (κ1) is 28.0. The van der Waals surface area contributed by atoms with Crippen LogP contribution in [0.15, 0.2) is 48.1 Å². The number of rotatable bonds is 3. The average molecular weight is 543 g/mol. The number of aliphatic carboxylic acids is 1. The quantitative estimate of drug-likeness (QED) is 0.306. The molecule has 0 spiro atoms. The van der Waals surface area contributed by atoms with Gasteiger partial charge in [0.1, 0.15) is 0 Å². The number of carboxylic acid groups (broad SMARTS) is 1. The summed E-state index contributed by atoms with van der Waals surface area (Å²) in [7, 11) is 0. The second kappa shape index (κ2) is 8.92. The van der Waals surface area contributed by atoms with E-state index in [1.165, 1.54) is 5.57 Å². The summed E-state index contributed by atoms with van der Waals surface area (Å²) in [6.07, 6.45) is 11.1. The molecule has 5 fully saturated rings. The molecular weight excluding hydrogens is 492 g/mol. The van der Waals surface area contributed by atoms with Gasteiger partial charge in [-0.3, -0.25) is 9.59 Å². The topological polar surface area (TPSA) is 54.4 Å². The molecule has 0 saturated heterocycles. The van der Waals surface area contributed by atoms with Gasteiger partial charge in [-0.1, -0.05) is 77.1 Å². The van der Waals surface area contributed by atoms with Crippen molar-refractivity contribution in [2.24, 2.45) is 56.7 Å². The van der Waals surface area contributed by atoms with Gasteiger partial charge >= 0.3 is 5.97 Å². The number of hydrogen-bond acceptors (Lipinski definition) is 2. The molecule has 5 aliphatic rings. The third-order valence-electron chi connectivity index (χ3n) is 14.2. The normalized spacial score (nSPS) is 46.6. The van der Waals surface area contributed by atoms with E-state index in [1.807, 2.05) is 6.07 Å². The van der Waals surface area contributed by atoms with Crippen molar-refractivity contribution < 1.29 is 14.7 Å². The minimum Gasteiger partial charge on any atom is -0.481 e. The minimum atomic E-state index is -0.580. The Labute approximate surface area is 241 Å². The monoisotopic (exact) mass is 542 g/mol. The summed E-state index contributed by atoms with van der Waals surface area (Å²) in [6.45, 7) is 18.6. The van der Waals surface area contributed by atoms with Crippen LogP contribution in [0, 0.1) is 56.7 Å². The Hall–Kier alpha value is -2.16. The zero-order valence-corrected chi connectivity index (χ0v) is 25.7. The Morgan fingerprint density at radius 2 is 1.60 bits per heavy atom. The maximum Gasteiger partial charge on any atom is 0.309 e. The van der Waals surface area contributed by atoms with Crippen LogP contribution < -0.4 is 0 Å². The van der Waals surface area contributed by atoms with E-state index in [0.29, 0.717) is 29.5 Å². The molecule has 1 aromatic carbocycles. The molecule has 0 aliphatic heterocycles. The number of benzene rings is 1. The number of carboxylic acids is 1. The molecule has 0 bridgehead atoms. The van der Waals surface area contributed by atoms with E-state index < -0.39 is 11.4 Å². The molecule has 0 radical (unpaired) electrons. The summed E-state index contributed by atoms with van der Waals surface area (Å²) < 4.78 is 0. The number of allylic oxidation sites excluding steroid dienone is 2. The fourth-order valence-corrected chi connectivity index (χ4v) is 12.2. The molecule has 5 aliphatic carbocycles. The Morgan fingerprint density at radius 3 is 2.25 bits per heavy atom. The second-order valence-corrected chi connectivity index (χ2v) is 16.0. The molecule has 5 saturated carbocycles. The summed E-state index contributed by atoms with van der Waals surface area (Å²) >= 11 is 0. The highest BCUT2D eigenvalue weighted by atomic mass is 16.4. The molecule has 3 nitrogen and oxygen atoms in total. The lowest BCUT2D eigenvalue weighted by atomic mass is 9.32. The SMILES string of the molecule is C=C(C)[C@@H]1CC[C@]2(C(=O)O)CC[C@]3(C)[C@H](CC[C@@H]4[C@@]5(C)C/C(=C/c6ccccc6)C(=O)C(C)(C)[C@@H]5CC[C@]43C)[C@H]12. The minimum absolute atomic E-state index is 0.0454. The molecule has 216 valence electrons. The average Bonchev–Trinajstić information content (AvgIpc) is 3.30. The zero-order chi connectivity index (χ0) is 28.9. The van der Waals surface area contributed by atoms with Crippen molar-refractivity contribution in [1.82, 2.24) is 0 Å². The van der Waals surface area contributed by atoms with Crippen LogP contribution in [0.4, 0.5) is 0 Å². The van der Waals surface area contributed by atoms with Gasteiger partial charge in [-0.15, -0.1) is 0 Å². The van der Waals surface area contributed by atoms with Gasteiger partial charge in [-0.25, -0.2) is 0 Å². The molecule has 1 N–H and O–H groups in total. The van der Waals surface area contributed by atoms with Gasteiger partial charge in [0, 0.05) is 5.41 Å². The molecule has 40 heavy (non-hydrogen) atoms. The Bertz CT molecular complexity index is 1270. The Morgan fingerprint density at radius 1 is 0.900 bits per heavy atom. The standard InChI is InChI=1S/C37H50O3/c1-23(2)26-15-18-37(32(39)40)20-19-35(6)27(30(26)37)13-14-29-34(5)22-25(21-24-11-9-8-10-12-24)31(38)33(3,4)28(34)16-17-36(29,35)7/h8-12,21,26-30H,1,13-20,22H2,2-7H3,(H,39,40)/b25-21-/t26-,27+,28-,29+,30-,34-,35+,36+,37-/m0/s1. The number of hydrogen-bond donors (Lipinski definition) is 1. The molecular formula is C37H50O3. The largest absolute Gasteiger partial charge is 0.481 e. The van der Waals surface area contributed by atoms with E-state index in [0.717, 1.165) is 68.9 Å². The van der Waals surface area contributed by atoms with Crippen molar-refractivity contribution in [2.45, 2.75) is 99.3 Å². The van der Waals surface area contributed by atoms with E-state index in [-0.39, 0.29) is 27.6 Å². The van der Waals surface area contributed by atoms with Gasteiger partial charge in [0.15, 0.2) is 5.78 Å². The Kier molecular flexibility index (Phi) is 6.24. The Balaban J connectivity index is 1.42. The van der Waals surface area contributed by atoms with Crippen molar-refractivity contribution in [1.29, 1.82) is 0 Å². The molecule has 0 amide bonds. The molecule has 0 heterocycles. The molecule has 0 unspecified atom stereocenters. The van der Waals surface area contributed by atoms with Crippen molar-refractivity contribution in [2.75, 3.05) is 0 Å². The number of Topliss-reactive ketones (excluding diaryl/α,β-unsaturated/α-hetero) is 1. The summed E-state index contributed by atoms with van der Waals surface area (Å²) in [4.78, 5) is 26.9. The lowest BCUT2D eigenvalue weighted by molar-refractivity contribution is -0.231. The van der Waals surface area contributed by atoms with Crippen molar-refractivity contribution in [3.63, 3.8) is 0 Å². The first-order valence-electron chi connectivity index (χ1n) is 15.9. The zero-order valence-electron chi connectivity index (χ0n) is 25.7. The van der Waals surface area contributed by atoms with Gasteiger partial charge in [0.05, 0.1) is 5.41 Å². The highest BCUT2D eigenvalue weighted by molar-refractivity contribution is 6.04. The van der Waals surface area contributed by atoms with E-state index >= 15 is 0 Å². The van der Waals surface area contributed by atoms with Crippen molar-refractivity contribution >= 4 is 17.8 Å². The van der Waals surface area contributed by atoms with Crippen LogP contribution in [-0.2, 0) is 9.59 Å². The van der Waals surface area contributed by atoms with Crippen LogP contribution >= 0.6 is 0 Å². The van der Waals surface area contributed by atoms with Gasteiger partial charge in [-0.05, 0) is 128 Å². The van der Waals surface area contributed by atoms with Gasteiger partial charge < -0.3 is 5.11 Å². The van der Waals surface area contributed by atoms with Crippen LogP contribution in [0.2, 0.25) is 0 Å². The third kappa shape index (κ3) is 3.48. The summed E-state index contributed by atoms with van der Waals surface area (Å²) in [5.41, 5.74) is 2.60. The number of ketones is 1. The maximum absolute atomic E-state index is 14.0. The molecule has 0 aromatic heterocycles. The molecule has 3 heteroatoms. The highest BCUT2D eigenvalue weighted by Crippen LogP contribution is 2.77. The molecule has 1 aromatic rings. The van der Waals surface area contributed by atoms with Crippen LogP contribution in [0.5, 0.6) is 0 Å². The first-order chi connectivity index (χ1) is 18.7. The van der Waals surface area contributed by atoms with Gasteiger partial charge in [0.25, 0.3) is 0 Å². The van der Waals surface area contributed by atoms with E-state index in [1.54, 1.807) is 0 Å². The maximum atomic E-state index is 14.0. The number of carbonyl (C=O) groups excluding carboxylic acids is 1. The van der Waals surface area contributed by atoms with Crippen LogP contribution in [0.25, 0.3) is 6.08 Å². The smallest absolute Gasteiger partial charge is 0.309 e. The van der Waals surface area contributed by atoms with Crippen LogP contribution in [0.3, 0.4) is 0 Å². The first-order valence-corrected chi connectivity index (χ1v) is 15.9. The van der Waals surface area contributed by atoms with E-state index in [4.69, 9.17) is 0 Å². The summed E-state index contributed by atoms with van der Waals surface area (Å²) in [5.74, 6) is 1.60. The lowest BCUT2D eigenvalue weighted by Gasteiger charge is -2.72. The van der Waals surface area contributed by atoms with E-state index in [2.05, 4.69) is 78.5 Å². The van der Waals surface area contributed by atoms with Crippen LogP contribution in [0.1, 0.15) is 105 Å². The van der Waals surface area contributed by atoms with Crippen molar-refractivity contribution in [3.05, 3.63) is 53.6 Å². The van der Waals surface area contributed by atoms with E-state index in [9.17, 15) is 14.7 Å². The van der Waals surface area contributed by atoms with Crippen LogP contribution in [-0.4, -0.2) is 16.9 Å². The van der Waals surface area contributed by atoms with Gasteiger partial charge in [-0.2, -0.15) is 0 Å². The fraction of sp³-hybridized carbons (Fsp3) is 0.676.